The topological polar surface area (TPSA) is 36.3 Å². The van der Waals surface area contributed by atoms with Gasteiger partial charge in [0.25, 0.3) is 0 Å². The van der Waals surface area contributed by atoms with Gasteiger partial charge in [-0.1, -0.05) is 0 Å². The van der Waals surface area contributed by atoms with E-state index in [1.54, 1.807) is 7.11 Å². The Bertz CT molecular complexity index is 561. The van der Waals surface area contributed by atoms with E-state index in [-0.39, 0.29) is 6.23 Å². The van der Waals surface area contributed by atoms with Gasteiger partial charge in [0.05, 0.1) is 18.8 Å². The molecular formula is C13H15BrN2O2. The van der Waals surface area contributed by atoms with E-state index < -0.39 is 0 Å². The highest BCUT2D eigenvalue weighted by atomic mass is 79.9. The summed E-state index contributed by atoms with van der Waals surface area (Å²) in [5, 5.41) is 5.55. The van der Waals surface area contributed by atoms with Gasteiger partial charge in [-0.3, -0.25) is 0 Å². The molecule has 1 aliphatic rings. The number of halogens is 1. The summed E-state index contributed by atoms with van der Waals surface area (Å²) in [4.78, 5) is 0. The van der Waals surface area contributed by atoms with Crippen LogP contribution in [-0.4, -0.2) is 23.5 Å². The van der Waals surface area contributed by atoms with Gasteiger partial charge < -0.3 is 9.47 Å². The van der Waals surface area contributed by atoms with Gasteiger partial charge in [-0.25, -0.2) is 4.68 Å². The summed E-state index contributed by atoms with van der Waals surface area (Å²) in [5.74, 6) is 0.826. The van der Waals surface area contributed by atoms with Crippen molar-refractivity contribution in [1.82, 2.24) is 9.78 Å². The largest absolute Gasteiger partial charge is 0.497 e. The van der Waals surface area contributed by atoms with Crippen molar-refractivity contribution in [2.75, 3.05) is 13.7 Å². The van der Waals surface area contributed by atoms with Gasteiger partial charge in [-0.15, -0.1) is 0 Å². The van der Waals surface area contributed by atoms with E-state index in [0.29, 0.717) is 0 Å². The molecule has 1 saturated heterocycles. The van der Waals surface area contributed by atoms with Crippen LogP contribution in [0.4, 0.5) is 0 Å². The second-order valence-corrected chi connectivity index (χ2v) is 5.31. The summed E-state index contributed by atoms with van der Waals surface area (Å²) >= 11 is 3.55. The lowest BCUT2D eigenvalue weighted by Gasteiger charge is -2.23. The van der Waals surface area contributed by atoms with Gasteiger partial charge in [0.15, 0.2) is 6.23 Å². The summed E-state index contributed by atoms with van der Waals surface area (Å²) in [6.45, 7) is 0.817. The molecule has 1 unspecified atom stereocenters. The van der Waals surface area contributed by atoms with Crippen molar-refractivity contribution >= 4 is 26.8 Å². The van der Waals surface area contributed by atoms with Crippen molar-refractivity contribution in [2.24, 2.45) is 0 Å². The van der Waals surface area contributed by atoms with Crippen LogP contribution in [0.25, 0.3) is 10.9 Å². The Labute approximate surface area is 114 Å². The molecule has 1 aromatic carbocycles. The monoisotopic (exact) mass is 310 g/mol. The van der Waals surface area contributed by atoms with Crippen LogP contribution in [0.1, 0.15) is 25.5 Å². The summed E-state index contributed by atoms with van der Waals surface area (Å²) in [6.07, 6.45) is 5.28. The first-order valence-corrected chi connectivity index (χ1v) is 6.91. The van der Waals surface area contributed by atoms with Crippen LogP contribution in [0.3, 0.4) is 0 Å². The Morgan fingerprint density at radius 3 is 3.06 bits per heavy atom. The van der Waals surface area contributed by atoms with Crippen molar-refractivity contribution in [2.45, 2.75) is 25.5 Å². The molecule has 1 aliphatic heterocycles. The van der Waals surface area contributed by atoms with Crippen LogP contribution in [0.5, 0.6) is 5.75 Å². The van der Waals surface area contributed by atoms with Gasteiger partial charge in [0.1, 0.15) is 5.75 Å². The molecule has 0 saturated carbocycles. The molecule has 18 heavy (non-hydrogen) atoms. The Hall–Kier alpha value is -1.07. The first-order chi connectivity index (χ1) is 8.79. The fourth-order valence-electron chi connectivity index (χ4n) is 2.34. The first-order valence-electron chi connectivity index (χ1n) is 6.12. The zero-order valence-electron chi connectivity index (χ0n) is 10.2. The molecule has 2 heterocycles. The number of benzene rings is 1. The molecule has 96 valence electrons. The average Bonchev–Trinajstić information content (AvgIpc) is 2.84. The SMILES string of the molecule is COc1cc(Br)c2cnn(C3CCCCO3)c2c1. The van der Waals surface area contributed by atoms with E-state index >= 15 is 0 Å². The Kier molecular flexibility index (Phi) is 3.26. The second-order valence-electron chi connectivity index (χ2n) is 4.45. The number of ether oxygens (including phenoxy) is 2. The number of hydrogen-bond donors (Lipinski definition) is 0. The van der Waals surface area contributed by atoms with Gasteiger partial charge >= 0.3 is 0 Å². The lowest BCUT2D eigenvalue weighted by atomic mass is 10.2. The van der Waals surface area contributed by atoms with Gasteiger partial charge in [0.2, 0.25) is 0 Å². The minimum Gasteiger partial charge on any atom is -0.497 e. The highest BCUT2D eigenvalue weighted by Gasteiger charge is 2.19. The third-order valence-corrected chi connectivity index (χ3v) is 3.96. The molecule has 0 spiro atoms. The third-order valence-electron chi connectivity index (χ3n) is 3.30. The maximum Gasteiger partial charge on any atom is 0.150 e. The maximum atomic E-state index is 5.79. The highest BCUT2D eigenvalue weighted by Crippen LogP contribution is 2.32. The van der Waals surface area contributed by atoms with E-state index in [4.69, 9.17) is 9.47 Å². The molecule has 2 aromatic rings. The Morgan fingerprint density at radius 1 is 1.44 bits per heavy atom. The number of rotatable bonds is 2. The van der Waals surface area contributed by atoms with Crippen molar-refractivity contribution in [3.05, 3.63) is 22.8 Å². The zero-order chi connectivity index (χ0) is 12.5. The molecule has 1 atom stereocenters. The fourth-order valence-corrected chi connectivity index (χ4v) is 2.87. The second kappa shape index (κ2) is 4.90. The number of fused-ring (bicyclic) bond motifs is 1. The van der Waals surface area contributed by atoms with Crippen LogP contribution in [-0.2, 0) is 4.74 Å². The predicted octanol–water partition coefficient (Wildman–Crippen LogP) is 3.51. The van der Waals surface area contributed by atoms with Crippen LogP contribution in [0.15, 0.2) is 22.8 Å². The van der Waals surface area contributed by atoms with Gasteiger partial charge in [-0.05, 0) is 41.3 Å². The lowest BCUT2D eigenvalue weighted by molar-refractivity contribution is -0.0366. The molecule has 0 N–H and O–H groups in total. The van der Waals surface area contributed by atoms with E-state index in [9.17, 15) is 0 Å². The number of nitrogens with zero attached hydrogens (tertiary/aromatic N) is 2. The molecule has 1 fully saturated rings. The Balaban J connectivity index is 2.09. The Morgan fingerprint density at radius 2 is 2.33 bits per heavy atom. The van der Waals surface area contributed by atoms with E-state index in [1.807, 2.05) is 23.0 Å². The van der Waals surface area contributed by atoms with Crippen LogP contribution in [0.2, 0.25) is 0 Å². The number of methoxy groups -OCH3 is 1. The van der Waals surface area contributed by atoms with Crippen LogP contribution in [0, 0.1) is 0 Å². The van der Waals surface area contributed by atoms with Crippen molar-refractivity contribution in [3.63, 3.8) is 0 Å². The van der Waals surface area contributed by atoms with Crippen LogP contribution < -0.4 is 4.74 Å². The van der Waals surface area contributed by atoms with Crippen molar-refractivity contribution in [1.29, 1.82) is 0 Å². The average molecular weight is 311 g/mol. The molecule has 0 bridgehead atoms. The van der Waals surface area contributed by atoms with Crippen molar-refractivity contribution in [3.8, 4) is 5.75 Å². The predicted molar refractivity (Wildman–Crippen MR) is 72.8 cm³/mol. The maximum absolute atomic E-state index is 5.79. The normalized spacial score (nSPS) is 20.2. The van der Waals surface area contributed by atoms with E-state index in [1.165, 1.54) is 6.42 Å². The smallest absolute Gasteiger partial charge is 0.150 e. The summed E-state index contributed by atoms with van der Waals surface area (Å²) < 4.78 is 14.1. The summed E-state index contributed by atoms with van der Waals surface area (Å²) in [7, 11) is 1.67. The quantitative estimate of drug-likeness (QED) is 0.851. The molecule has 0 amide bonds. The third kappa shape index (κ3) is 2.01. The van der Waals surface area contributed by atoms with Gasteiger partial charge in [0, 0.05) is 22.5 Å². The standard InChI is InChI=1S/C13H15BrN2O2/c1-17-9-6-11(14)10-8-15-16(12(10)7-9)13-4-2-3-5-18-13/h6-8,13H,2-5H2,1H3. The molecule has 3 rings (SSSR count). The summed E-state index contributed by atoms with van der Waals surface area (Å²) in [6, 6.07) is 3.96. The minimum absolute atomic E-state index is 0.0512. The highest BCUT2D eigenvalue weighted by molar-refractivity contribution is 9.10. The number of aromatic nitrogens is 2. The van der Waals surface area contributed by atoms with Crippen molar-refractivity contribution < 1.29 is 9.47 Å². The van der Waals surface area contributed by atoms with E-state index in [2.05, 4.69) is 21.0 Å². The summed E-state index contributed by atoms with van der Waals surface area (Å²) in [5.41, 5.74) is 1.05. The molecule has 4 nitrogen and oxygen atoms in total. The molecule has 5 heteroatoms. The van der Waals surface area contributed by atoms with E-state index in [0.717, 1.165) is 40.6 Å². The molecule has 1 aromatic heterocycles. The molecular weight excluding hydrogens is 296 g/mol. The lowest BCUT2D eigenvalue weighted by Crippen LogP contribution is -2.18. The molecule has 0 aliphatic carbocycles. The number of hydrogen-bond acceptors (Lipinski definition) is 3. The zero-order valence-corrected chi connectivity index (χ0v) is 11.8. The fraction of sp³-hybridized carbons (Fsp3) is 0.462. The molecule has 0 radical (unpaired) electrons. The first kappa shape index (κ1) is 12.0. The van der Waals surface area contributed by atoms with Gasteiger partial charge in [-0.2, -0.15) is 5.10 Å². The van der Waals surface area contributed by atoms with Crippen LogP contribution >= 0.6 is 15.9 Å². The minimum atomic E-state index is 0.0512.